The Bertz CT molecular complexity index is 791. The number of halogens is 1. The Morgan fingerprint density at radius 2 is 2.24 bits per heavy atom. The number of aromatic nitrogens is 3. The first-order valence-corrected chi connectivity index (χ1v) is 7.32. The van der Waals surface area contributed by atoms with Gasteiger partial charge in [-0.2, -0.15) is 10.2 Å². The summed E-state index contributed by atoms with van der Waals surface area (Å²) in [6.45, 7) is 0.587. The first kappa shape index (κ1) is 12.5. The first-order chi connectivity index (χ1) is 10.2. The number of hydrogen-bond donors (Lipinski definition) is 1. The number of anilines is 1. The highest BCUT2D eigenvalue weighted by Crippen LogP contribution is 2.28. The Morgan fingerprint density at radius 3 is 3.14 bits per heavy atom. The van der Waals surface area contributed by atoms with Crippen LogP contribution in [0, 0.1) is 0 Å². The third kappa shape index (κ3) is 2.21. The molecule has 1 aliphatic carbocycles. The summed E-state index contributed by atoms with van der Waals surface area (Å²) in [5.41, 5.74) is 7.29. The Kier molecular flexibility index (Phi) is 2.78. The van der Waals surface area contributed by atoms with Gasteiger partial charge in [0, 0.05) is 4.48 Å². The van der Waals surface area contributed by atoms with Crippen LogP contribution < -0.4 is 5.73 Å². The van der Waals surface area contributed by atoms with E-state index in [1.54, 1.807) is 10.7 Å². The summed E-state index contributed by atoms with van der Waals surface area (Å²) in [7, 11) is 0. The van der Waals surface area contributed by atoms with Gasteiger partial charge in [-0.25, -0.2) is 9.50 Å². The van der Waals surface area contributed by atoms with Crippen molar-refractivity contribution in [2.75, 3.05) is 5.73 Å². The Balaban J connectivity index is 1.60. The maximum absolute atomic E-state index is 5.67. The van der Waals surface area contributed by atoms with Crippen LogP contribution in [0.15, 0.2) is 51.4 Å². The fraction of sp³-hybridized carbons (Fsp3) is 0.231. The van der Waals surface area contributed by atoms with Crippen molar-refractivity contribution in [3.05, 3.63) is 46.7 Å². The maximum atomic E-state index is 5.67. The molecule has 0 spiro atoms. The van der Waals surface area contributed by atoms with Crippen LogP contribution in [0.5, 0.6) is 0 Å². The van der Waals surface area contributed by atoms with Gasteiger partial charge in [-0.15, -0.1) is 0 Å². The van der Waals surface area contributed by atoms with Gasteiger partial charge >= 0.3 is 0 Å². The van der Waals surface area contributed by atoms with Crippen molar-refractivity contribution in [1.82, 2.24) is 19.6 Å². The van der Waals surface area contributed by atoms with Gasteiger partial charge in [0.1, 0.15) is 11.9 Å². The molecular weight excluding hydrogens is 334 g/mol. The number of nitrogen functional groups attached to an aromatic ring is 1. The highest BCUT2D eigenvalue weighted by molar-refractivity contribution is 9.11. The van der Waals surface area contributed by atoms with Gasteiger partial charge in [-0.3, -0.25) is 5.01 Å². The molecule has 2 aromatic heterocycles. The molecule has 21 heavy (non-hydrogen) atoms. The van der Waals surface area contributed by atoms with E-state index in [0.29, 0.717) is 12.4 Å². The lowest BCUT2D eigenvalue weighted by atomic mass is 10.0. The van der Waals surface area contributed by atoms with Crippen LogP contribution >= 0.6 is 15.9 Å². The van der Waals surface area contributed by atoms with Crippen LogP contribution in [0.25, 0.3) is 5.65 Å². The van der Waals surface area contributed by atoms with Crippen LogP contribution in [0.1, 0.15) is 5.69 Å². The van der Waals surface area contributed by atoms with E-state index < -0.39 is 0 Å². The number of imidazole rings is 1. The first-order valence-electron chi connectivity index (χ1n) is 6.53. The van der Waals surface area contributed by atoms with E-state index in [4.69, 9.17) is 5.73 Å². The molecule has 0 bridgehead atoms. The molecule has 0 saturated heterocycles. The summed E-state index contributed by atoms with van der Waals surface area (Å²) in [6.07, 6.45) is 7.86. The van der Waals surface area contributed by atoms with Crippen LogP contribution in [-0.4, -0.2) is 31.7 Å². The monoisotopic (exact) mass is 345 g/mol. The minimum absolute atomic E-state index is 0.0823. The second-order valence-corrected chi connectivity index (χ2v) is 5.90. The van der Waals surface area contributed by atoms with Gasteiger partial charge in [0.2, 0.25) is 0 Å². The van der Waals surface area contributed by atoms with Crippen LogP contribution in [0.2, 0.25) is 0 Å². The zero-order chi connectivity index (χ0) is 14.4. The number of nitrogens with zero attached hydrogens (tertiary/aromatic N) is 6. The number of allylic oxidation sites excluding steroid dienone is 2. The summed E-state index contributed by atoms with van der Waals surface area (Å²) in [5, 5.41) is 14.9. The predicted molar refractivity (Wildman–Crippen MR) is 81.5 cm³/mol. The third-order valence-corrected chi connectivity index (χ3v) is 4.02. The smallest absolute Gasteiger partial charge is 0.155 e. The summed E-state index contributed by atoms with van der Waals surface area (Å²) in [5.74, 6) is 0.463. The van der Waals surface area contributed by atoms with Crippen molar-refractivity contribution in [3.8, 4) is 0 Å². The Morgan fingerprint density at radius 1 is 1.33 bits per heavy atom. The second-order valence-electron chi connectivity index (χ2n) is 4.99. The SMILES string of the molecule is Nc1cn2nc(CN3N=NC4C=CC(Br)=CC43)ccc2n1. The Hall–Kier alpha value is -2.22. The standard InChI is InChI=1S/C13H12BrN7/c14-8-1-3-10-11(5-8)20(19-17-10)6-9-2-4-13-16-12(15)7-21(13)18-9/h1-5,7,10-11H,6,15H2. The minimum atomic E-state index is 0.0823. The molecule has 0 radical (unpaired) electrons. The van der Waals surface area contributed by atoms with E-state index in [0.717, 1.165) is 15.8 Å². The van der Waals surface area contributed by atoms with E-state index in [9.17, 15) is 0 Å². The highest BCUT2D eigenvalue weighted by atomic mass is 79.9. The molecule has 106 valence electrons. The molecule has 0 fully saturated rings. The molecule has 7 nitrogen and oxygen atoms in total. The van der Waals surface area contributed by atoms with Gasteiger partial charge in [0.05, 0.1) is 24.5 Å². The van der Waals surface area contributed by atoms with Crippen LogP contribution in [-0.2, 0) is 6.54 Å². The largest absolute Gasteiger partial charge is 0.382 e. The van der Waals surface area contributed by atoms with E-state index in [2.05, 4.69) is 42.4 Å². The van der Waals surface area contributed by atoms with Gasteiger partial charge in [-0.1, -0.05) is 27.2 Å². The van der Waals surface area contributed by atoms with E-state index in [1.165, 1.54) is 0 Å². The van der Waals surface area contributed by atoms with Crippen molar-refractivity contribution in [2.45, 2.75) is 18.6 Å². The molecule has 1 aliphatic heterocycles. The van der Waals surface area contributed by atoms with Gasteiger partial charge in [0.25, 0.3) is 0 Å². The zero-order valence-electron chi connectivity index (χ0n) is 11.0. The fourth-order valence-corrected chi connectivity index (χ4v) is 2.93. The quantitative estimate of drug-likeness (QED) is 0.902. The van der Waals surface area contributed by atoms with Gasteiger partial charge < -0.3 is 5.73 Å². The lowest BCUT2D eigenvalue weighted by Crippen LogP contribution is -2.33. The summed E-state index contributed by atoms with van der Waals surface area (Å²) in [4.78, 5) is 4.16. The molecule has 0 amide bonds. The molecule has 0 saturated carbocycles. The molecule has 2 aromatic rings. The van der Waals surface area contributed by atoms with Crippen LogP contribution in [0.4, 0.5) is 5.82 Å². The van der Waals surface area contributed by atoms with E-state index >= 15 is 0 Å². The number of nitrogens with two attached hydrogens (primary N) is 1. The number of hydrogen-bond acceptors (Lipinski definition) is 6. The topological polar surface area (TPSA) is 84.2 Å². The molecule has 2 N–H and O–H groups in total. The number of fused-ring (bicyclic) bond motifs is 2. The van der Waals surface area contributed by atoms with Crippen LogP contribution in [0.3, 0.4) is 0 Å². The number of rotatable bonds is 2. The van der Waals surface area contributed by atoms with Crippen molar-refractivity contribution in [1.29, 1.82) is 0 Å². The average Bonchev–Trinajstić information content (AvgIpc) is 3.01. The summed E-state index contributed by atoms with van der Waals surface area (Å²) in [6, 6.07) is 4.05. The second kappa shape index (κ2) is 4.66. The van der Waals surface area contributed by atoms with Gasteiger partial charge in [0.15, 0.2) is 5.65 Å². The van der Waals surface area contributed by atoms with Crippen molar-refractivity contribution >= 4 is 27.4 Å². The maximum Gasteiger partial charge on any atom is 0.155 e. The molecule has 3 heterocycles. The normalized spacial score (nSPS) is 23.7. The minimum Gasteiger partial charge on any atom is -0.382 e. The highest BCUT2D eigenvalue weighted by Gasteiger charge is 2.31. The third-order valence-electron chi connectivity index (χ3n) is 3.49. The zero-order valence-corrected chi connectivity index (χ0v) is 12.6. The molecule has 4 rings (SSSR count). The van der Waals surface area contributed by atoms with Crippen molar-refractivity contribution in [3.63, 3.8) is 0 Å². The summed E-state index contributed by atoms with van der Waals surface area (Å²) >= 11 is 3.50. The van der Waals surface area contributed by atoms with E-state index in [1.807, 2.05) is 29.3 Å². The lowest BCUT2D eigenvalue weighted by Gasteiger charge is -2.23. The molecular formula is C13H12BrN7. The lowest BCUT2D eigenvalue weighted by molar-refractivity contribution is 0.249. The fourth-order valence-electron chi connectivity index (χ4n) is 2.50. The van der Waals surface area contributed by atoms with E-state index in [-0.39, 0.29) is 12.1 Å². The molecule has 0 aromatic carbocycles. The van der Waals surface area contributed by atoms with Crippen molar-refractivity contribution < 1.29 is 0 Å². The molecule has 2 atom stereocenters. The molecule has 2 unspecified atom stereocenters. The predicted octanol–water partition coefficient (Wildman–Crippen LogP) is 2.08. The summed E-state index contributed by atoms with van der Waals surface area (Å²) < 4.78 is 2.73. The Labute approximate surface area is 129 Å². The van der Waals surface area contributed by atoms with Crippen molar-refractivity contribution in [2.24, 2.45) is 10.3 Å². The average molecular weight is 346 g/mol. The molecule has 2 aliphatic rings. The molecule has 8 heteroatoms. The van der Waals surface area contributed by atoms with Gasteiger partial charge in [-0.05, 0) is 24.3 Å².